The van der Waals surface area contributed by atoms with Crippen LogP contribution < -0.4 is 0 Å². The number of carbonyl (C=O) groups is 2. The molecule has 0 saturated carbocycles. The average Bonchev–Trinajstić information content (AvgIpc) is 2.92. The number of rotatable bonds is 6. The zero-order valence-electron chi connectivity index (χ0n) is 18.0. The van der Waals surface area contributed by atoms with Crippen molar-refractivity contribution in [3.63, 3.8) is 0 Å². The van der Waals surface area contributed by atoms with Crippen LogP contribution in [0.1, 0.15) is 11.1 Å². The summed E-state index contributed by atoms with van der Waals surface area (Å²) in [5.74, 6) is -1.54. The number of aliphatic imine (C=N–C) groups is 2. The molecule has 0 fully saturated rings. The fourth-order valence-electron chi connectivity index (χ4n) is 2.65. The first-order valence-corrected chi connectivity index (χ1v) is 11.5. The molecule has 0 aromatic heterocycles. The summed E-state index contributed by atoms with van der Waals surface area (Å²) >= 11 is 14.4. The Morgan fingerprint density at radius 3 is 2.33 bits per heavy atom. The van der Waals surface area contributed by atoms with Gasteiger partial charge in [0, 0.05) is 45.6 Å². The third-order valence-electron chi connectivity index (χ3n) is 4.14. The Morgan fingerprint density at radius 2 is 1.73 bits per heavy atom. The topological polar surface area (TPSA) is 103 Å². The van der Waals surface area contributed by atoms with Crippen molar-refractivity contribution >= 4 is 63.3 Å². The monoisotopic (exact) mass is 507 g/mol. The first kappa shape index (κ1) is 26.6. The summed E-state index contributed by atoms with van der Waals surface area (Å²) in [6.07, 6.45) is 1.12. The quantitative estimate of drug-likeness (QED) is 0.540. The summed E-state index contributed by atoms with van der Waals surface area (Å²) in [6.45, 7) is 1.54. The highest BCUT2D eigenvalue weighted by Crippen LogP contribution is 2.31. The number of hydrogen-bond acceptors (Lipinski definition) is 6. The van der Waals surface area contributed by atoms with E-state index >= 15 is 0 Å². The Kier molecular flexibility index (Phi) is 10.6. The fraction of sp³-hybridized carbons (Fsp3) is 0.217. The molecular weight excluding hydrogens is 485 g/mol. The van der Waals surface area contributed by atoms with Gasteiger partial charge in [-0.15, -0.1) is 11.8 Å². The van der Waals surface area contributed by atoms with E-state index in [4.69, 9.17) is 43.4 Å². The Hall–Kier alpha value is -2.65. The molecule has 0 atom stereocenters. The Bertz CT molecular complexity index is 1080. The molecule has 0 aliphatic carbocycles. The molecule has 2 N–H and O–H groups in total. The molecule has 1 heterocycles. The van der Waals surface area contributed by atoms with Gasteiger partial charge in [-0.05, 0) is 38.4 Å². The summed E-state index contributed by atoms with van der Waals surface area (Å²) < 4.78 is 0. The molecule has 0 saturated heterocycles. The summed E-state index contributed by atoms with van der Waals surface area (Å²) in [7, 11) is 4.14. The van der Waals surface area contributed by atoms with E-state index in [1.807, 2.05) is 42.5 Å². The van der Waals surface area contributed by atoms with E-state index in [0.717, 1.165) is 39.9 Å². The van der Waals surface area contributed by atoms with Crippen molar-refractivity contribution in [2.24, 2.45) is 9.98 Å². The standard InChI is InChI=1S/C19H19Cl2N3S.C4H4O4/c1-24(2)9-10-25-18-12-22-19(14-5-3-4-6-16(14)21)15-11-13(20)7-8-17(15)23-18;5-3(6)1-2-4(7)8/h3-8,11H,9-10,12H2,1-2H3;1-2H,(H,5,6)(H,7,8). The van der Waals surface area contributed by atoms with Crippen LogP contribution in [-0.2, 0) is 9.59 Å². The summed E-state index contributed by atoms with van der Waals surface area (Å²) in [4.78, 5) is 30.9. The Labute approximate surface area is 206 Å². The van der Waals surface area contributed by atoms with E-state index in [-0.39, 0.29) is 0 Å². The molecule has 1 aliphatic rings. The molecule has 0 amide bonds. The number of nitrogens with zero attached hydrogens (tertiary/aromatic N) is 3. The van der Waals surface area contributed by atoms with Crippen molar-refractivity contribution in [1.82, 2.24) is 4.90 Å². The van der Waals surface area contributed by atoms with Crippen LogP contribution in [0.3, 0.4) is 0 Å². The number of carboxylic acid groups (broad SMARTS) is 2. The molecule has 0 spiro atoms. The Balaban J connectivity index is 0.000000414. The van der Waals surface area contributed by atoms with E-state index < -0.39 is 11.9 Å². The van der Waals surface area contributed by atoms with Crippen molar-refractivity contribution in [3.8, 4) is 0 Å². The lowest BCUT2D eigenvalue weighted by molar-refractivity contribution is -0.134. The highest BCUT2D eigenvalue weighted by atomic mass is 35.5. The van der Waals surface area contributed by atoms with Crippen LogP contribution in [0.2, 0.25) is 10.0 Å². The largest absolute Gasteiger partial charge is 0.478 e. The third kappa shape index (κ3) is 9.01. The lowest BCUT2D eigenvalue weighted by atomic mass is 10.0. The van der Waals surface area contributed by atoms with Gasteiger partial charge in [-0.2, -0.15) is 0 Å². The second-order valence-electron chi connectivity index (χ2n) is 6.97. The molecule has 0 bridgehead atoms. The predicted molar refractivity (Wildman–Crippen MR) is 136 cm³/mol. The van der Waals surface area contributed by atoms with Crippen LogP contribution in [0.25, 0.3) is 0 Å². The van der Waals surface area contributed by atoms with E-state index in [1.165, 1.54) is 0 Å². The molecule has 174 valence electrons. The number of carboxylic acids is 2. The van der Waals surface area contributed by atoms with Crippen LogP contribution in [0.5, 0.6) is 0 Å². The van der Waals surface area contributed by atoms with E-state index in [2.05, 4.69) is 19.0 Å². The molecule has 7 nitrogen and oxygen atoms in total. The highest BCUT2D eigenvalue weighted by molar-refractivity contribution is 8.14. The second kappa shape index (κ2) is 13.2. The minimum absolute atomic E-state index is 0.547. The van der Waals surface area contributed by atoms with Gasteiger partial charge in [0.1, 0.15) is 0 Å². The third-order valence-corrected chi connectivity index (χ3v) is 5.64. The smallest absolute Gasteiger partial charge is 0.328 e. The first-order chi connectivity index (χ1) is 15.7. The number of halogens is 2. The zero-order chi connectivity index (χ0) is 24.4. The van der Waals surface area contributed by atoms with E-state index in [9.17, 15) is 9.59 Å². The normalized spacial score (nSPS) is 12.9. The maximum absolute atomic E-state index is 9.55. The Morgan fingerprint density at radius 1 is 1.06 bits per heavy atom. The minimum atomic E-state index is -1.26. The predicted octanol–water partition coefficient (Wildman–Crippen LogP) is 4.88. The van der Waals surface area contributed by atoms with Gasteiger partial charge in [-0.3, -0.25) is 4.99 Å². The van der Waals surface area contributed by atoms with Crippen LogP contribution in [-0.4, -0.2) is 70.7 Å². The number of hydrogen-bond donors (Lipinski definition) is 2. The van der Waals surface area contributed by atoms with Gasteiger partial charge >= 0.3 is 11.9 Å². The molecule has 33 heavy (non-hydrogen) atoms. The summed E-state index contributed by atoms with van der Waals surface area (Å²) in [5.41, 5.74) is 3.55. The lowest BCUT2D eigenvalue weighted by Gasteiger charge is -2.10. The maximum atomic E-state index is 9.55. The van der Waals surface area contributed by atoms with Crippen LogP contribution in [0.4, 0.5) is 5.69 Å². The zero-order valence-corrected chi connectivity index (χ0v) is 20.4. The van der Waals surface area contributed by atoms with E-state index in [1.54, 1.807) is 11.8 Å². The van der Waals surface area contributed by atoms with Crippen molar-refractivity contribution in [1.29, 1.82) is 0 Å². The second-order valence-corrected chi connectivity index (χ2v) is 8.99. The molecule has 2 aromatic carbocycles. The maximum Gasteiger partial charge on any atom is 0.328 e. The minimum Gasteiger partial charge on any atom is -0.478 e. The van der Waals surface area contributed by atoms with Gasteiger partial charge < -0.3 is 15.1 Å². The highest BCUT2D eigenvalue weighted by Gasteiger charge is 2.18. The number of aliphatic carboxylic acids is 2. The average molecular weight is 508 g/mol. The van der Waals surface area contributed by atoms with Gasteiger partial charge in [0.15, 0.2) is 0 Å². The van der Waals surface area contributed by atoms with Crippen LogP contribution in [0.15, 0.2) is 64.6 Å². The van der Waals surface area contributed by atoms with Crippen LogP contribution >= 0.6 is 35.0 Å². The first-order valence-electron chi connectivity index (χ1n) is 9.75. The SMILES string of the molecule is CN(C)CCSC1=Nc2ccc(Cl)cc2C(c2ccccc2Cl)=NC1.O=C(O)C=CC(=O)O. The molecule has 0 unspecified atom stereocenters. The van der Waals surface area contributed by atoms with Gasteiger partial charge in [-0.1, -0.05) is 41.4 Å². The van der Waals surface area contributed by atoms with Crippen molar-refractivity contribution < 1.29 is 19.8 Å². The van der Waals surface area contributed by atoms with Gasteiger partial charge in [0.25, 0.3) is 0 Å². The molecule has 10 heteroatoms. The molecule has 2 aromatic rings. The number of fused-ring (bicyclic) bond motifs is 1. The van der Waals surface area contributed by atoms with Gasteiger partial charge in [0.05, 0.1) is 23.0 Å². The van der Waals surface area contributed by atoms with Crippen molar-refractivity contribution in [3.05, 3.63) is 75.8 Å². The fourth-order valence-corrected chi connectivity index (χ4v) is 4.06. The summed E-state index contributed by atoms with van der Waals surface area (Å²) in [5, 5.41) is 18.0. The van der Waals surface area contributed by atoms with Gasteiger partial charge in [0.2, 0.25) is 0 Å². The van der Waals surface area contributed by atoms with Crippen molar-refractivity contribution in [2.75, 3.05) is 32.9 Å². The molecule has 1 aliphatic heterocycles. The van der Waals surface area contributed by atoms with Crippen molar-refractivity contribution in [2.45, 2.75) is 0 Å². The van der Waals surface area contributed by atoms with Crippen LogP contribution in [0, 0.1) is 0 Å². The lowest BCUT2D eigenvalue weighted by Crippen LogP contribution is -2.16. The molecular formula is C23H23Cl2N3O4S. The van der Waals surface area contributed by atoms with E-state index in [0.29, 0.717) is 28.7 Å². The number of thioether (sulfide) groups is 1. The number of benzene rings is 2. The molecule has 0 radical (unpaired) electrons. The van der Waals surface area contributed by atoms with Gasteiger partial charge in [-0.25, -0.2) is 14.6 Å². The summed E-state index contributed by atoms with van der Waals surface area (Å²) in [6, 6.07) is 13.5. The molecule has 3 rings (SSSR count).